The molecule has 0 aromatic carbocycles. The number of hydrogen-bond donors (Lipinski definition) is 1. The average molecular weight is 315 g/mol. The van der Waals surface area contributed by atoms with Crippen molar-refractivity contribution in [1.29, 1.82) is 0 Å². The topological polar surface area (TPSA) is 49.2 Å². The number of piperidine rings is 1. The largest absolute Gasteiger partial charge is 0.297 e. The molecule has 0 radical (unpaired) electrons. The molecule has 1 N–H and O–H groups in total. The molecule has 0 unspecified atom stereocenters. The molecule has 1 fully saturated rings. The van der Waals surface area contributed by atoms with Crippen LogP contribution >= 0.6 is 11.3 Å². The van der Waals surface area contributed by atoms with Gasteiger partial charge in [-0.05, 0) is 44.7 Å². The van der Waals surface area contributed by atoms with Crippen LogP contribution in [0.4, 0.5) is 0 Å². The van der Waals surface area contributed by atoms with Crippen molar-refractivity contribution < 1.29 is 0 Å². The number of thiazole rings is 1. The van der Waals surface area contributed by atoms with E-state index in [2.05, 4.69) is 39.5 Å². The predicted octanol–water partition coefficient (Wildman–Crippen LogP) is 3.12. The highest BCUT2D eigenvalue weighted by Gasteiger charge is 2.23. The molecule has 1 saturated heterocycles. The first-order chi connectivity index (χ1) is 10.7. The first-order valence-corrected chi connectivity index (χ1v) is 8.67. The summed E-state index contributed by atoms with van der Waals surface area (Å²) in [4.78, 5) is 9.71. The number of rotatable bonds is 3. The third kappa shape index (κ3) is 2.46. The molecule has 1 aliphatic heterocycles. The molecule has 3 aromatic heterocycles. The summed E-state index contributed by atoms with van der Waals surface area (Å²) in [6, 6.07) is 0. The molecule has 5 nitrogen and oxygen atoms in total. The fourth-order valence-corrected chi connectivity index (χ4v) is 4.36. The summed E-state index contributed by atoms with van der Waals surface area (Å²) < 4.78 is 2.27. The molecule has 0 saturated carbocycles. The zero-order valence-electron chi connectivity index (χ0n) is 13.0. The van der Waals surface area contributed by atoms with Crippen LogP contribution in [0.1, 0.15) is 40.6 Å². The van der Waals surface area contributed by atoms with Gasteiger partial charge in [0.2, 0.25) is 0 Å². The van der Waals surface area contributed by atoms with Gasteiger partial charge >= 0.3 is 0 Å². The Morgan fingerprint density at radius 1 is 1.41 bits per heavy atom. The summed E-state index contributed by atoms with van der Waals surface area (Å²) in [5.41, 5.74) is 3.84. The Morgan fingerprint density at radius 2 is 2.32 bits per heavy atom. The number of fused-ring (bicyclic) bond motifs is 1. The van der Waals surface area contributed by atoms with E-state index in [-0.39, 0.29) is 0 Å². The number of nitrogens with zero attached hydrogens (tertiary/aromatic N) is 4. The quantitative estimate of drug-likeness (QED) is 0.808. The fraction of sp³-hybridized carbons (Fsp3) is 0.500. The Bertz CT molecular complexity index is 770. The summed E-state index contributed by atoms with van der Waals surface area (Å²) in [6.45, 7) is 7.53. The second kappa shape index (κ2) is 5.52. The van der Waals surface area contributed by atoms with Gasteiger partial charge in [0, 0.05) is 30.4 Å². The molecule has 116 valence electrons. The summed E-state index contributed by atoms with van der Waals surface area (Å²) in [5, 5.41) is 7.04. The van der Waals surface area contributed by atoms with E-state index in [0.717, 1.165) is 23.7 Å². The number of H-pyrrole nitrogens is 1. The van der Waals surface area contributed by atoms with Crippen LogP contribution in [-0.2, 0) is 6.54 Å². The first-order valence-electron chi connectivity index (χ1n) is 7.85. The van der Waals surface area contributed by atoms with Crippen LogP contribution in [0.5, 0.6) is 0 Å². The van der Waals surface area contributed by atoms with Crippen LogP contribution in [0.3, 0.4) is 0 Å². The van der Waals surface area contributed by atoms with Gasteiger partial charge in [-0.2, -0.15) is 5.10 Å². The summed E-state index contributed by atoms with van der Waals surface area (Å²) >= 11 is 1.77. The summed E-state index contributed by atoms with van der Waals surface area (Å²) in [7, 11) is 0. The maximum atomic E-state index is 4.71. The maximum Gasteiger partial charge on any atom is 0.194 e. The van der Waals surface area contributed by atoms with Crippen LogP contribution in [-0.4, -0.2) is 37.6 Å². The lowest BCUT2D eigenvalue weighted by atomic mass is 9.93. The van der Waals surface area contributed by atoms with Crippen molar-refractivity contribution in [2.45, 2.75) is 39.2 Å². The molecule has 0 bridgehead atoms. The van der Waals surface area contributed by atoms with Crippen molar-refractivity contribution in [1.82, 2.24) is 24.5 Å². The van der Waals surface area contributed by atoms with Gasteiger partial charge in [-0.3, -0.25) is 14.4 Å². The van der Waals surface area contributed by atoms with E-state index in [1.165, 1.54) is 35.5 Å². The molecule has 0 spiro atoms. The molecule has 1 atom stereocenters. The first kappa shape index (κ1) is 14.0. The minimum atomic E-state index is 0.598. The molecule has 4 heterocycles. The smallest absolute Gasteiger partial charge is 0.194 e. The predicted molar refractivity (Wildman–Crippen MR) is 88.4 cm³/mol. The number of aromatic nitrogens is 4. The summed E-state index contributed by atoms with van der Waals surface area (Å²) in [6.07, 6.45) is 8.73. The third-order valence-corrected chi connectivity index (χ3v) is 5.51. The van der Waals surface area contributed by atoms with Gasteiger partial charge in [-0.15, -0.1) is 11.3 Å². The zero-order chi connectivity index (χ0) is 15.1. The molecule has 4 rings (SSSR count). The minimum absolute atomic E-state index is 0.598. The lowest BCUT2D eigenvalue weighted by molar-refractivity contribution is 0.197. The highest BCUT2D eigenvalue weighted by molar-refractivity contribution is 7.17. The second-order valence-electron chi connectivity index (χ2n) is 6.24. The molecule has 22 heavy (non-hydrogen) atoms. The standard InChI is InChI=1S/C16H21N5S/c1-11-8-21-15(12(2)19-16(21)22-11)10-20-5-3-4-13(9-20)14-6-17-18-7-14/h6-8,13H,3-5,9-10H2,1-2H3,(H,17,18)/t13-/m0/s1. The Balaban J connectivity index is 1.55. The van der Waals surface area contributed by atoms with E-state index in [0.29, 0.717) is 5.92 Å². The summed E-state index contributed by atoms with van der Waals surface area (Å²) in [5.74, 6) is 0.598. The molecule has 1 aliphatic rings. The van der Waals surface area contributed by atoms with Crippen LogP contribution in [0.15, 0.2) is 18.6 Å². The molecule has 0 amide bonds. The van der Waals surface area contributed by atoms with Crippen LogP contribution in [0, 0.1) is 13.8 Å². The fourth-order valence-electron chi connectivity index (χ4n) is 3.47. The van der Waals surface area contributed by atoms with Crippen molar-refractivity contribution >= 4 is 16.3 Å². The lowest BCUT2D eigenvalue weighted by Gasteiger charge is -2.32. The van der Waals surface area contributed by atoms with Gasteiger partial charge in [0.25, 0.3) is 0 Å². The van der Waals surface area contributed by atoms with Crippen LogP contribution in [0.2, 0.25) is 0 Å². The van der Waals surface area contributed by atoms with Gasteiger partial charge < -0.3 is 0 Å². The van der Waals surface area contributed by atoms with Crippen LogP contribution in [0.25, 0.3) is 4.96 Å². The van der Waals surface area contributed by atoms with Gasteiger partial charge in [0.05, 0.1) is 17.6 Å². The monoisotopic (exact) mass is 315 g/mol. The SMILES string of the molecule is Cc1cn2c(CN3CCC[C@H](c4cn[nH]c4)C3)c(C)nc2s1. The van der Waals surface area contributed by atoms with Crippen molar-refractivity contribution in [2.24, 2.45) is 0 Å². The van der Waals surface area contributed by atoms with E-state index < -0.39 is 0 Å². The number of nitrogens with one attached hydrogen (secondary N) is 1. The molecular weight excluding hydrogens is 294 g/mol. The van der Waals surface area contributed by atoms with E-state index in [9.17, 15) is 0 Å². The number of hydrogen-bond acceptors (Lipinski definition) is 4. The molecule has 6 heteroatoms. The Kier molecular flexibility index (Phi) is 3.50. The van der Waals surface area contributed by atoms with Crippen molar-refractivity contribution in [2.75, 3.05) is 13.1 Å². The minimum Gasteiger partial charge on any atom is -0.297 e. The molecule has 3 aromatic rings. The van der Waals surface area contributed by atoms with Gasteiger partial charge in [0.1, 0.15) is 0 Å². The van der Waals surface area contributed by atoms with Gasteiger partial charge in [-0.25, -0.2) is 4.98 Å². The molecule has 0 aliphatic carbocycles. The van der Waals surface area contributed by atoms with Crippen molar-refractivity contribution in [3.8, 4) is 0 Å². The average Bonchev–Trinajstić information content (AvgIpc) is 3.19. The highest BCUT2D eigenvalue weighted by atomic mass is 32.1. The van der Waals surface area contributed by atoms with E-state index >= 15 is 0 Å². The number of imidazole rings is 1. The van der Waals surface area contributed by atoms with E-state index in [4.69, 9.17) is 4.98 Å². The van der Waals surface area contributed by atoms with Crippen LogP contribution < -0.4 is 0 Å². The zero-order valence-corrected chi connectivity index (χ0v) is 13.9. The normalized spacial score (nSPS) is 20.0. The van der Waals surface area contributed by atoms with Crippen molar-refractivity contribution in [3.05, 3.63) is 40.4 Å². The maximum absolute atomic E-state index is 4.71. The Labute approximate surface area is 134 Å². The van der Waals surface area contributed by atoms with Crippen molar-refractivity contribution in [3.63, 3.8) is 0 Å². The Morgan fingerprint density at radius 3 is 3.14 bits per heavy atom. The number of likely N-dealkylation sites (tertiary alicyclic amines) is 1. The van der Waals surface area contributed by atoms with Gasteiger partial charge in [-0.1, -0.05) is 0 Å². The Hall–Kier alpha value is -1.66. The third-order valence-electron chi connectivity index (χ3n) is 4.61. The number of aromatic amines is 1. The molecular formula is C16H21N5S. The highest BCUT2D eigenvalue weighted by Crippen LogP contribution is 2.28. The van der Waals surface area contributed by atoms with Gasteiger partial charge in [0.15, 0.2) is 4.96 Å². The van der Waals surface area contributed by atoms with E-state index in [1.807, 2.05) is 12.4 Å². The van der Waals surface area contributed by atoms with E-state index in [1.54, 1.807) is 11.3 Å². The number of aryl methyl sites for hydroxylation is 2. The second-order valence-corrected chi connectivity index (χ2v) is 7.46. The lowest BCUT2D eigenvalue weighted by Crippen LogP contribution is -2.34.